The van der Waals surface area contributed by atoms with Crippen molar-refractivity contribution in [2.45, 2.75) is 11.0 Å². The molecule has 0 spiro atoms. The van der Waals surface area contributed by atoms with Gasteiger partial charge in [-0.3, -0.25) is 9.97 Å². The molecule has 0 fully saturated rings. The molecule has 29 heavy (non-hydrogen) atoms. The van der Waals surface area contributed by atoms with E-state index in [1.165, 1.54) is 18.5 Å². The highest BCUT2D eigenvalue weighted by Gasteiger charge is 2.23. The number of nitriles is 1. The van der Waals surface area contributed by atoms with E-state index in [1.54, 1.807) is 12.3 Å². The smallest absolute Gasteiger partial charge is 0.263 e. The van der Waals surface area contributed by atoms with Crippen LogP contribution in [0.15, 0.2) is 68.9 Å². The normalized spacial score (nSPS) is 13.1. The van der Waals surface area contributed by atoms with Gasteiger partial charge in [0.15, 0.2) is 0 Å². The largest absolute Gasteiger partial charge is 0.474 e. The number of ether oxygens (including phenoxy) is 1. The molecule has 2 atom stereocenters. The Kier molecular flexibility index (Phi) is 5.22. The Morgan fingerprint density at radius 3 is 2.83 bits per heavy atom. The average molecular weight is 408 g/mol. The van der Waals surface area contributed by atoms with Crippen molar-refractivity contribution in [2.24, 2.45) is 4.36 Å². The van der Waals surface area contributed by atoms with Crippen LogP contribution in [0.1, 0.15) is 17.7 Å². The molecule has 3 aromatic heterocycles. The van der Waals surface area contributed by atoms with Crippen LogP contribution in [0.5, 0.6) is 5.75 Å². The summed E-state index contributed by atoms with van der Waals surface area (Å²) in [7, 11) is -0.581. The number of hydrogen-bond acceptors (Lipinski definition) is 8. The number of benzene rings is 1. The molecule has 0 aliphatic carbocycles. The fraction of sp³-hybridized carbons (Fsp3) is 0.105. The fourth-order valence-corrected chi connectivity index (χ4v) is 3.38. The molecule has 4 aromatic rings. The summed E-state index contributed by atoms with van der Waals surface area (Å²) in [5.74, 6) is 0.248. The minimum Gasteiger partial charge on any atom is -0.474 e. The Balaban J connectivity index is 1.71. The first-order chi connectivity index (χ1) is 14.1. The van der Waals surface area contributed by atoms with Gasteiger partial charge < -0.3 is 9.15 Å². The quantitative estimate of drug-likeness (QED) is 0.464. The average Bonchev–Trinajstić information content (AvgIpc) is 3.27. The van der Waals surface area contributed by atoms with Gasteiger partial charge in [-0.1, -0.05) is 10.7 Å². The maximum absolute atomic E-state index is 13.3. The molecule has 4 rings (SSSR count). The van der Waals surface area contributed by atoms with Gasteiger partial charge in [-0.15, -0.1) is 14.6 Å². The Labute approximate surface area is 167 Å². The number of nitrogens with zero attached hydrogens (tertiary/aromatic N) is 6. The predicted octanol–water partition coefficient (Wildman–Crippen LogP) is 3.59. The van der Waals surface area contributed by atoms with Gasteiger partial charge in [0.2, 0.25) is 18.7 Å². The van der Waals surface area contributed by atoms with Crippen LogP contribution >= 0.6 is 0 Å². The number of hydrogen-bond donors (Lipinski definition) is 0. The molecule has 1 aromatic carbocycles. The Morgan fingerprint density at radius 2 is 2.10 bits per heavy atom. The summed E-state index contributed by atoms with van der Waals surface area (Å²) < 4.78 is 28.5. The van der Waals surface area contributed by atoms with E-state index in [9.17, 15) is 4.39 Å². The summed E-state index contributed by atoms with van der Waals surface area (Å²) in [6, 6.07) is 10.1. The first-order valence-corrected chi connectivity index (χ1v) is 9.93. The van der Waals surface area contributed by atoms with Crippen molar-refractivity contribution in [1.82, 2.24) is 20.2 Å². The lowest BCUT2D eigenvalue weighted by molar-refractivity contribution is 0.203. The second kappa shape index (κ2) is 8.12. The molecule has 144 valence electrons. The molecule has 2 unspecified atom stereocenters. The van der Waals surface area contributed by atoms with Gasteiger partial charge in [0.25, 0.3) is 5.89 Å². The van der Waals surface area contributed by atoms with E-state index in [0.717, 1.165) is 22.0 Å². The maximum atomic E-state index is 13.3. The van der Waals surface area contributed by atoms with Crippen LogP contribution in [0.2, 0.25) is 0 Å². The van der Waals surface area contributed by atoms with Crippen molar-refractivity contribution in [2.75, 3.05) is 6.26 Å². The first-order valence-electron chi connectivity index (χ1n) is 8.34. The highest BCUT2D eigenvalue weighted by atomic mass is 32.2. The van der Waals surface area contributed by atoms with Gasteiger partial charge >= 0.3 is 0 Å². The van der Waals surface area contributed by atoms with E-state index in [2.05, 4.69) is 24.5 Å². The van der Waals surface area contributed by atoms with E-state index in [1.807, 2.05) is 30.6 Å². The molecule has 3 heterocycles. The summed E-state index contributed by atoms with van der Waals surface area (Å²) in [6.45, 7) is 0. The van der Waals surface area contributed by atoms with Crippen LogP contribution in [0.25, 0.3) is 10.9 Å². The number of halogens is 1. The monoisotopic (exact) mass is 408 g/mol. The topological polar surface area (TPSA) is 110 Å². The van der Waals surface area contributed by atoms with Gasteiger partial charge in [0.1, 0.15) is 11.6 Å². The second-order valence-electron chi connectivity index (χ2n) is 5.87. The molecule has 10 heteroatoms. The van der Waals surface area contributed by atoms with E-state index in [0.29, 0.717) is 11.4 Å². The number of pyridine rings is 2. The highest BCUT2D eigenvalue weighted by Crippen LogP contribution is 2.29. The molecule has 0 aliphatic rings. The van der Waals surface area contributed by atoms with Crippen molar-refractivity contribution in [1.29, 1.82) is 5.26 Å². The Bertz CT molecular complexity index is 1220. The summed E-state index contributed by atoms with van der Waals surface area (Å²) in [4.78, 5) is 9.32. The molecule has 8 nitrogen and oxygen atoms in total. The van der Waals surface area contributed by atoms with Crippen molar-refractivity contribution >= 4 is 21.6 Å². The van der Waals surface area contributed by atoms with E-state index >= 15 is 0 Å². The van der Waals surface area contributed by atoms with Crippen LogP contribution in [-0.2, 0) is 10.7 Å². The number of aromatic nitrogens is 4. The molecule has 0 bridgehead atoms. The third-order valence-corrected chi connectivity index (χ3v) is 5.28. The maximum Gasteiger partial charge on any atom is 0.263 e. The molecular weight excluding hydrogens is 395 g/mol. The van der Waals surface area contributed by atoms with Crippen LogP contribution < -0.4 is 4.74 Å². The van der Waals surface area contributed by atoms with Crippen molar-refractivity contribution in [3.8, 4) is 11.9 Å². The molecule has 0 saturated heterocycles. The summed E-state index contributed by atoms with van der Waals surface area (Å²) in [5.41, 5.74) is 1.19. The first kappa shape index (κ1) is 18.6. The fourth-order valence-electron chi connectivity index (χ4n) is 2.65. The standard InChI is InChI=1S/C19H13FN6O2S/c1-29(25-10-21)15-7-12-6-14(3-5-16(12)23-9-15)28-18(19-26-24-11-27-19)17-4-2-13(20)8-22-17/h2-9,11,18H,1H3. The minimum atomic E-state index is -0.805. The molecule has 0 saturated carbocycles. The van der Waals surface area contributed by atoms with Crippen molar-refractivity contribution < 1.29 is 13.5 Å². The number of rotatable bonds is 5. The zero-order chi connectivity index (χ0) is 20.2. The van der Waals surface area contributed by atoms with Crippen LogP contribution in [-0.4, -0.2) is 26.4 Å². The third-order valence-electron chi connectivity index (χ3n) is 4.02. The Hall–Kier alpha value is -3.71. The van der Waals surface area contributed by atoms with Crippen LogP contribution in [0, 0.1) is 17.3 Å². The molecule has 0 radical (unpaired) electrons. The van der Waals surface area contributed by atoms with Crippen molar-refractivity contribution in [3.05, 3.63) is 72.6 Å². The molecule has 0 N–H and O–H groups in total. The highest BCUT2D eigenvalue weighted by molar-refractivity contribution is 7.86. The lowest BCUT2D eigenvalue weighted by Gasteiger charge is -2.16. The lowest BCUT2D eigenvalue weighted by atomic mass is 10.2. The summed E-state index contributed by atoms with van der Waals surface area (Å²) in [6.07, 6.45) is 6.85. The van der Waals surface area contributed by atoms with Crippen LogP contribution in [0.4, 0.5) is 4.39 Å². The van der Waals surface area contributed by atoms with Gasteiger partial charge in [-0.05, 0) is 42.7 Å². The molecule has 0 aliphatic heterocycles. The SMILES string of the molecule is C/S(=N\C#N)c1cnc2ccc(OC(c3ccc(F)cn3)c3nnco3)cc2c1. The van der Waals surface area contributed by atoms with Gasteiger partial charge in [0.05, 0.1) is 17.4 Å². The van der Waals surface area contributed by atoms with E-state index in [4.69, 9.17) is 14.4 Å². The third kappa shape index (κ3) is 4.09. The van der Waals surface area contributed by atoms with Crippen LogP contribution in [0.3, 0.4) is 0 Å². The molecule has 0 amide bonds. The zero-order valence-electron chi connectivity index (χ0n) is 15.1. The predicted molar refractivity (Wildman–Crippen MR) is 102 cm³/mol. The number of fused-ring (bicyclic) bond motifs is 1. The zero-order valence-corrected chi connectivity index (χ0v) is 15.9. The molecular formula is C19H13FN6O2S. The van der Waals surface area contributed by atoms with E-state index < -0.39 is 22.6 Å². The summed E-state index contributed by atoms with van der Waals surface area (Å²) >= 11 is 0. The van der Waals surface area contributed by atoms with Gasteiger partial charge in [0, 0.05) is 16.5 Å². The van der Waals surface area contributed by atoms with Gasteiger partial charge in [-0.2, -0.15) is 5.26 Å². The van der Waals surface area contributed by atoms with E-state index in [-0.39, 0.29) is 5.89 Å². The second-order valence-corrected chi connectivity index (χ2v) is 7.48. The summed E-state index contributed by atoms with van der Waals surface area (Å²) in [5, 5.41) is 17.2. The van der Waals surface area contributed by atoms with Crippen molar-refractivity contribution in [3.63, 3.8) is 0 Å². The Morgan fingerprint density at radius 1 is 1.21 bits per heavy atom. The minimum absolute atomic E-state index is 0.194. The lowest BCUT2D eigenvalue weighted by Crippen LogP contribution is -2.12. The van der Waals surface area contributed by atoms with Gasteiger partial charge in [-0.25, -0.2) is 4.39 Å².